The molecule has 0 saturated heterocycles. The smallest absolute Gasteiger partial charge is 0.353 e. The molecule has 1 N–H and O–H groups in total. The second-order valence-corrected chi connectivity index (χ2v) is 12.3. The van der Waals surface area contributed by atoms with Gasteiger partial charge >= 0.3 is 5.97 Å². The number of benzene rings is 4. The summed E-state index contributed by atoms with van der Waals surface area (Å²) in [4.78, 5) is 13.0. The molecule has 0 radical (unpaired) electrons. The number of carboxylic acid groups (broad SMARTS) is 1. The van der Waals surface area contributed by atoms with E-state index in [1.165, 1.54) is 5.56 Å². The molecule has 0 unspecified atom stereocenters. The van der Waals surface area contributed by atoms with Gasteiger partial charge in [-0.05, 0) is 104 Å². The lowest BCUT2D eigenvalue weighted by molar-refractivity contribution is 0.0689. The summed E-state index contributed by atoms with van der Waals surface area (Å²) in [5, 5.41) is 11.5. The van der Waals surface area contributed by atoms with E-state index in [1.54, 1.807) is 0 Å². The molecule has 216 valence electrons. The highest BCUT2D eigenvalue weighted by Crippen LogP contribution is 2.40. The van der Waals surface area contributed by atoms with E-state index in [1.807, 2.05) is 86.9 Å². The van der Waals surface area contributed by atoms with Crippen LogP contribution in [0.2, 0.25) is 0 Å². The van der Waals surface area contributed by atoms with Crippen LogP contribution in [0.25, 0.3) is 38.8 Å². The molecule has 1 aromatic heterocycles. The Bertz CT molecular complexity index is 1700. The van der Waals surface area contributed by atoms with Gasteiger partial charge in [0.15, 0.2) is 0 Å². The lowest BCUT2D eigenvalue weighted by Gasteiger charge is -2.19. The second-order valence-electron chi connectivity index (χ2n) is 12.3. The predicted octanol–water partition coefficient (Wildman–Crippen LogP) is 9.53. The zero-order valence-corrected chi connectivity index (χ0v) is 25.4. The first-order valence-electron chi connectivity index (χ1n) is 14.5. The first-order valence-corrected chi connectivity index (χ1v) is 14.5. The molecule has 5 nitrogen and oxygen atoms in total. The zero-order valence-electron chi connectivity index (χ0n) is 25.4. The Balaban J connectivity index is 1.73. The summed E-state index contributed by atoms with van der Waals surface area (Å²) < 4.78 is 13.5. The van der Waals surface area contributed by atoms with E-state index in [9.17, 15) is 9.90 Å². The van der Waals surface area contributed by atoms with Gasteiger partial charge < -0.3 is 19.1 Å². The minimum atomic E-state index is -0.998. The second kappa shape index (κ2) is 11.4. The van der Waals surface area contributed by atoms with Crippen LogP contribution in [0.4, 0.5) is 0 Å². The third-order valence-electron chi connectivity index (χ3n) is 7.24. The number of nitrogens with zero attached hydrogens (tertiary/aromatic N) is 1. The average Bonchev–Trinajstić information content (AvgIpc) is 3.28. The van der Waals surface area contributed by atoms with Gasteiger partial charge in [0.1, 0.15) is 17.2 Å². The van der Waals surface area contributed by atoms with Gasteiger partial charge in [0.05, 0.1) is 17.7 Å². The highest BCUT2D eigenvalue weighted by Gasteiger charge is 2.25. The van der Waals surface area contributed by atoms with Gasteiger partial charge in [-0.25, -0.2) is 4.79 Å². The average molecular weight is 562 g/mol. The molecule has 0 aliphatic carbocycles. The maximum absolute atomic E-state index is 13.0. The maximum Gasteiger partial charge on any atom is 0.353 e. The Morgan fingerprint density at radius 3 is 1.69 bits per heavy atom. The molecule has 5 aromatic rings. The van der Waals surface area contributed by atoms with Crippen molar-refractivity contribution in [3.05, 3.63) is 102 Å². The van der Waals surface area contributed by atoms with Crippen molar-refractivity contribution in [1.82, 2.24) is 4.57 Å². The summed E-state index contributed by atoms with van der Waals surface area (Å²) in [6.07, 6.45) is 0.0881. The molecule has 0 atom stereocenters. The van der Waals surface area contributed by atoms with Crippen molar-refractivity contribution in [3.8, 4) is 39.4 Å². The topological polar surface area (TPSA) is 60.7 Å². The van der Waals surface area contributed by atoms with Gasteiger partial charge in [-0.15, -0.1) is 0 Å². The van der Waals surface area contributed by atoms with Crippen molar-refractivity contribution in [2.24, 2.45) is 0 Å². The standard InChI is InChI=1S/C37H39NO4/c1-23(2)41-30-17-10-26(11-18-30)34-32-22-27(25-8-13-28(14-9-25)37(5,6)7)12-21-33(32)38(35(34)36(39)40)29-15-19-31(20-16-29)42-24(3)4/h8-24H,1-7H3,(H,39,40). The van der Waals surface area contributed by atoms with Crippen molar-refractivity contribution in [2.75, 3.05) is 0 Å². The monoisotopic (exact) mass is 561 g/mol. The number of fused-ring (bicyclic) bond motifs is 1. The van der Waals surface area contributed by atoms with E-state index in [-0.39, 0.29) is 23.3 Å². The predicted molar refractivity (Wildman–Crippen MR) is 171 cm³/mol. The van der Waals surface area contributed by atoms with Crippen LogP contribution in [-0.2, 0) is 5.41 Å². The first-order chi connectivity index (χ1) is 19.9. The van der Waals surface area contributed by atoms with E-state index in [4.69, 9.17) is 9.47 Å². The third-order valence-corrected chi connectivity index (χ3v) is 7.24. The summed E-state index contributed by atoms with van der Waals surface area (Å²) in [5.74, 6) is 0.487. The summed E-state index contributed by atoms with van der Waals surface area (Å²) in [5.41, 5.74) is 6.69. The molecule has 4 aromatic carbocycles. The van der Waals surface area contributed by atoms with Crippen LogP contribution in [0.3, 0.4) is 0 Å². The van der Waals surface area contributed by atoms with Crippen LogP contribution in [0.15, 0.2) is 91.0 Å². The number of rotatable bonds is 8. The van der Waals surface area contributed by atoms with Crippen molar-refractivity contribution < 1.29 is 19.4 Å². The summed E-state index contributed by atoms with van der Waals surface area (Å²) >= 11 is 0. The number of hydrogen-bond donors (Lipinski definition) is 1. The molecule has 5 heteroatoms. The van der Waals surface area contributed by atoms with Gasteiger partial charge in [-0.2, -0.15) is 0 Å². The molecule has 0 fully saturated rings. The number of carboxylic acids is 1. The van der Waals surface area contributed by atoms with E-state index in [0.717, 1.165) is 44.8 Å². The minimum Gasteiger partial charge on any atom is -0.491 e. The van der Waals surface area contributed by atoms with Crippen LogP contribution in [-0.4, -0.2) is 27.9 Å². The summed E-state index contributed by atoms with van der Waals surface area (Å²) in [6.45, 7) is 14.5. The lowest BCUT2D eigenvalue weighted by Crippen LogP contribution is -2.10. The summed E-state index contributed by atoms with van der Waals surface area (Å²) in [7, 11) is 0. The zero-order chi connectivity index (χ0) is 30.2. The molecule has 0 saturated carbocycles. The quantitative estimate of drug-likeness (QED) is 0.205. The van der Waals surface area contributed by atoms with Crippen LogP contribution in [0.1, 0.15) is 64.5 Å². The third kappa shape index (κ3) is 5.91. The lowest BCUT2D eigenvalue weighted by atomic mass is 9.86. The van der Waals surface area contributed by atoms with E-state index in [0.29, 0.717) is 5.56 Å². The normalized spacial score (nSPS) is 11.8. The van der Waals surface area contributed by atoms with Crippen LogP contribution in [0.5, 0.6) is 11.5 Å². The molecular formula is C37H39NO4. The summed E-state index contributed by atoms with van der Waals surface area (Å²) in [6, 6.07) is 30.1. The highest BCUT2D eigenvalue weighted by molar-refractivity contribution is 6.10. The molecule has 1 heterocycles. The van der Waals surface area contributed by atoms with Gasteiger partial charge in [0, 0.05) is 16.6 Å². The molecule has 5 rings (SSSR count). The fourth-order valence-electron chi connectivity index (χ4n) is 5.31. The van der Waals surface area contributed by atoms with E-state index in [2.05, 4.69) is 57.2 Å². The Hall–Kier alpha value is -4.51. The van der Waals surface area contributed by atoms with Crippen LogP contribution in [0, 0.1) is 0 Å². The number of ether oxygens (including phenoxy) is 2. The Kier molecular flexibility index (Phi) is 7.87. The van der Waals surface area contributed by atoms with Gasteiger partial charge in [0.25, 0.3) is 0 Å². The van der Waals surface area contributed by atoms with Crippen molar-refractivity contribution >= 4 is 16.9 Å². The van der Waals surface area contributed by atoms with Gasteiger partial charge in [-0.3, -0.25) is 0 Å². The molecular weight excluding hydrogens is 522 g/mol. The van der Waals surface area contributed by atoms with Crippen molar-refractivity contribution in [3.63, 3.8) is 0 Å². The highest BCUT2D eigenvalue weighted by atomic mass is 16.5. The maximum atomic E-state index is 13.0. The van der Waals surface area contributed by atoms with Crippen molar-refractivity contribution in [1.29, 1.82) is 0 Å². The van der Waals surface area contributed by atoms with Crippen LogP contribution < -0.4 is 9.47 Å². The van der Waals surface area contributed by atoms with Crippen molar-refractivity contribution in [2.45, 2.75) is 66.1 Å². The Morgan fingerprint density at radius 2 is 1.19 bits per heavy atom. The molecule has 0 amide bonds. The van der Waals surface area contributed by atoms with E-state index < -0.39 is 5.97 Å². The van der Waals surface area contributed by atoms with E-state index >= 15 is 0 Å². The number of carbonyl (C=O) groups is 1. The Morgan fingerprint density at radius 1 is 0.690 bits per heavy atom. The molecule has 42 heavy (non-hydrogen) atoms. The molecule has 0 spiro atoms. The number of aromatic carboxylic acids is 1. The van der Waals surface area contributed by atoms with Gasteiger partial charge in [-0.1, -0.05) is 63.2 Å². The fourth-order valence-corrected chi connectivity index (χ4v) is 5.31. The first kappa shape index (κ1) is 29.0. The molecule has 0 aliphatic rings. The molecule has 0 aliphatic heterocycles. The number of hydrogen-bond acceptors (Lipinski definition) is 3. The van der Waals surface area contributed by atoms with Gasteiger partial charge in [0.2, 0.25) is 0 Å². The largest absolute Gasteiger partial charge is 0.491 e. The molecule has 0 bridgehead atoms. The van der Waals surface area contributed by atoms with Crippen LogP contribution >= 0.6 is 0 Å². The number of aromatic nitrogens is 1. The minimum absolute atomic E-state index is 0.0437. The fraction of sp³-hybridized carbons (Fsp3) is 0.270. The SMILES string of the molecule is CC(C)Oc1ccc(-c2c(C(=O)O)n(-c3ccc(OC(C)C)cc3)c3ccc(-c4ccc(C(C)(C)C)cc4)cc23)cc1. The Labute approximate surface area is 248 Å².